The molecule has 4 atom stereocenters. The van der Waals surface area contributed by atoms with Crippen molar-refractivity contribution in [1.82, 2.24) is 0 Å². The smallest absolute Gasteiger partial charge is 0.341 e. The number of aliphatic hydroxyl groups is 1. The second-order valence-electron chi connectivity index (χ2n) is 7.12. The Morgan fingerprint density at radius 1 is 1.29 bits per heavy atom. The van der Waals surface area contributed by atoms with Crippen molar-refractivity contribution in [3.63, 3.8) is 0 Å². The van der Waals surface area contributed by atoms with Gasteiger partial charge in [0.25, 0.3) is 0 Å². The highest BCUT2D eigenvalue weighted by Crippen LogP contribution is 2.48. The van der Waals surface area contributed by atoms with Gasteiger partial charge in [-0.2, -0.15) is 0 Å². The molecule has 0 spiro atoms. The summed E-state index contributed by atoms with van der Waals surface area (Å²) in [7, 11) is 0. The Kier molecular flexibility index (Phi) is 4.90. The third-order valence-corrected chi connectivity index (χ3v) is 5.53. The Labute approximate surface area is 141 Å². The van der Waals surface area contributed by atoms with Crippen molar-refractivity contribution in [2.45, 2.75) is 45.1 Å². The molecule has 2 N–H and O–H groups in total. The minimum atomic E-state index is -0.984. The van der Waals surface area contributed by atoms with Gasteiger partial charge in [0.2, 0.25) is 0 Å². The number of carboxylic acid groups (broad SMARTS) is 1. The molecule has 24 heavy (non-hydrogen) atoms. The van der Waals surface area contributed by atoms with Crippen molar-refractivity contribution in [1.29, 1.82) is 0 Å². The van der Waals surface area contributed by atoms with E-state index in [2.05, 4.69) is 6.07 Å². The normalized spacial score (nSPS) is 28.1. The van der Waals surface area contributed by atoms with Gasteiger partial charge in [-0.3, -0.25) is 0 Å². The molecule has 0 bridgehead atoms. The average molecular weight is 332 g/mol. The second-order valence-corrected chi connectivity index (χ2v) is 7.12. The third-order valence-electron chi connectivity index (χ3n) is 5.53. The van der Waals surface area contributed by atoms with Gasteiger partial charge in [-0.05, 0) is 67.6 Å². The number of rotatable bonds is 6. The first-order chi connectivity index (χ1) is 11.5. The first-order valence-corrected chi connectivity index (χ1v) is 8.58. The van der Waals surface area contributed by atoms with Gasteiger partial charge in [0, 0.05) is 6.42 Å². The lowest BCUT2D eigenvalue weighted by atomic mass is 9.73. The average Bonchev–Trinajstić information content (AvgIpc) is 2.83. The zero-order chi connectivity index (χ0) is 17.3. The van der Waals surface area contributed by atoms with Crippen LogP contribution in [-0.4, -0.2) is 34.7 Å². The summed E-state index contributed by atoms with van der Waals surface area (Å²) in [6.07, 6.45) is 3.35. The van der Waals surface area contributed by atoms with Crippen LogP contribution in [0.3, 0.4) is 0 Å². The molecule has 0 aromatic heterocycles. The van der Waals surface area contributed by atoms with Crippen LogP contribution in [0.5, 0.6) is 5.75 Å². The van der Waals surface area contributed by atoms with Crippen LogP contribution in [0.4, 0.5) is 0 Å². The summed E-state index contributed by atoms with van der Waals surface area (Å²) in [6.45, 7) is 1.26. The first-order valence-electron chi connectivity index (χ1n) is 8.58. The molecule has 2 unspecified atom stereocenters. The fraction of sp³-hybridized carbons (Fsp3) is 0.579. The molecule has 5 heteroatoms. The number of ketones is 1. The molecule has 1 aromatic carbocycles. The highest BCUT2D eigenvalue weighted by atomic mass is 16.5. The molecule has 1 aromatic rings. The van der Waals surface area contributed by atoms with Crippen molar-refractivity contribution in [3.8, 4) is 5.75 Å². The number of aliphatic hydroxyl groups excluding tert-OH is 1. The zero-order valence-electron chi connectivity index (χ0n) is 13.9. The van der Waals surface area contributed by atoms with Crippen molar-refractivity contribution in [2.24, 2.45) is 17.8 Å². The number of carbonyl (C=O) groups excluding carboxylic acids is 1. The minimum absolute atomic E-state index is 0.172. The standard InChI is InChI=1S/C19H24O5/c1-11(20)5-6-14-15-7-12-3-2-4-18(24-10-19(22)23)16(12)8-13(15)9-17(14)21/h2-4,13-15,17,21H,5-10H2,1H3,(H,22,23)/t13?,14?,15-,17+/m0/s1. The Balaban J connectivity index is 1.78. The van der Waals surface area contributed by atoms with Crippen LogP contribution in [0.25, 0.3) is 0 Å². The summed E-state index contributed by atoms with van der Waals surface area (Å²) < 4.78 is 5.44. The Morgan fingerprint density at radius 3 is 2.79 bits per heavy atom. The van der Waals surface area contributed by atoms with Crippen molar-refractivity contribution >= 4 is 11.8 Å². The number of Topliss-reactive ketones (excluding diaryl/α,β-unsaturated/α-hetero) is 1. The maximum atomic E-state index is 11.3. The van der Waals surface area contributed by atoms with Gasteiger partial charge in [-0.25, -0.2) is 4.79 Å². The summed E-state index contributed by atoms with van der Waals surface area (Å²) in [5, 5.41) is 19.3. The van der Waals surface area contributed by atoms with Gasteiger partial charge >= 0.3 is 5.97 Å². The maximum absolute atomic E-state index is 11.3. The largest absolute Gasteiger partial charge is 0.482 e. The van der Waals surface area contributed by atoms with E-state index in [4.69, 9.17) is 9.84 Å². The van der Waals surface area contributed by atoms with Crippen molar-refractivity contribution < 1.29 is 24.5 Å². The number of hydrogen-bond acceptors (Lipinski definition) is 4. The lowest BCUT2D eigenvalue weighted by Gasteiger charge is -2.32. The maximum Gasteiger partial charge on any atom is 0.341 e. The molecule has 0 heterocycles. The van der Waals surface area contributed by atoms with Gasteiger partial charge in [-0.1, -0.05) is 12.1 Å². The number of fused-ring (bicyclic) bond motifs is 2. The van der Waals surface area contributed by atoms with E-state index < -0.39 is 5.97 Å². The number of hydrogen-bond donors (Lipinski definition) is 2. The van der Waals surface area contributed by atoms with E-state index in [9.17, 15) is 14.7 Å². The van der Waals surface area contributed by atoms with Crippen LogP contribution in [0, 0.1) is 17.8 Å². The van der Waals surface area contributed by atoms with Crippen molar-refractivity contribution in [3.05, 3.63) is 29.3 Å². The second kappa shape index (κ2) is 6.93. The van der Waals surface area contributed by atoms with Crippen LogP contribution in [0.2, 0.25) is 0 Å². The van der Waals surface area contributed by atoms with Crippen LogP contribution < -0.4 is 4.74 Å². The lowest BCUT2D eigenvalue weighted by molar-refractivity contribution is -0.139. The van der Waals surface area contributed by atoms with Crippen LogP contribution in [0.1, 0.15) is 37.3 Å². The molecule has 2 aliphatic rings. The predicted octanol–water partition coefficient (Wildman–Crippen LogP) is 2.23. The minimum Gasteiger partial charge on any atom is -0.482 e. The summed E-state index contributed by atoms with van der Waals surface area (Å²) in [5.41, 5.74) is 2.26. The monoisotopic (exact) mass is 332 g/mol. The van der Waals surface area contributed by atoms with E-state index in [1.165, 1.54) is 5.56 Å². The molecular formula is C19H24O5. The molecule has 5 nitrogen and oxygen atoms in total. The predicted molar refractivity (Wildman–Crippen MR) is 88.0 cm³/mol. The summed E-state index contributed by atoms with van der Waals surface area (Å²) in [5.74, 6) is 0.777. The molecule has 130 valence electrons. The van der Waals surface area contributed by atoms with Crippen molar-refractivity contribution in [2.75, 3.05) is 6.61 Å². The van der Waals surface area contributed by atoms with Crippen LogP contribution >= 0.6 is 0 Å². The SMILES string of the molecule is CC(=O)CCC1[C@H]2Cc3cccc(OCC(=O)O)c3CC2C[C@H]1O. The molecule has 0 radical (unpaired) electrons. The summed E-state index contributed by atoms with van der Waals surface area (Å²) in [6, 6.07) is 5.78. The van der Waals surface area contributed by atoms with Gasteiger partial charge in [0.1, 0.15) is 11.5 Å². The first kappa shape index (κ1) is 17.0. The molecule has 0 amide bonds. The highest BCUT2D eigenvalue weighted by Gasteiger charge is 2.44. The Hall–Kier alpha value is -1.88. The quantitative estimate of drug-likeness (QED) is 0.834. The molecular weight excluding hydrogens is 308 g/mol. The van der Waals surface area contributed by atoms with E-state index in [-0.39, 0.29) is 24.4 Å². The number of carbonyl (C=O) groups is 2. The number of ether oxygens (including phenoxy) is 1. The Bertz CT molecular complexity index is 639. The van der Waals surface area contributed by atoms with E-state index in [1.807, 2.05) is 12.1 Å². The van der Waals surface area contributed by atoms with E-state index in [0.29, 0.717) is 24.0 Å². The fourth-order valence-electron chi connectivity index (χ4n) is 4.45. The van der Waals surface area contributed by atoms with Crippen LogP contribution in [-0.2, 0) is 22.4 Å². The summed E-state index contributed by atoms with van der Waals surface area (Å²) >= 11 is 0. The zero-order valence-corrected chi connectivity index (χ0v) is 13.9. The Morgan fingerprint density at radius 2 is 2.08 bits per heavy atom. The van der Waals surface area contributed by atoms with Gasteiger partial charge < -0.3 is 19.7 Å². The van der Waals surface area contributed by atoms with Gasteiger partial charge in [0.05, 0.1) is 6.10 Å². The number of benzene rings is 1. The van der Waals surface area contributed by atoms with E-state index in [0.717, 1.165) is 31.2 Å². The lowest BCUT2D eigenvalue weighted by Crippen LogP contribution is -2.27. The molecule has 1 fully saturated rings. The van der Waals surface area contributed by atoms with E-state index in [1.54, 1.807) is 6.92 Å². The molecule has 0 aliphatic heterocycles. The fourth-order valence-corrected chi connectivity index (χ4v) is 4.45. The number of aliphatic carboxylic acids is 1. The number of carboxylic acids is 1. The summed E-state index contributed by atoms with van der Waals surface area (Å²) in [4.78, 5) is 22.0. The molecule has 0 saturated heterocycles. The highest BCUT2D eigenvalue weighted by molar-refractivity contribution is 5.75. The van der Waals surface area contributed by atoms with E-state index >= 15 is 0 Å². The topological polar surface area (TPSA) is 83.8 Å². The third kappa shape index (κ3) is 3.46. The van der Waals surface area contributed by atoms with Gasteiger partial charge in [-0.15, -0.1) is 0 Å². The molecule has 3 rings (SSSR count). The van der Waals surface area contributed by atoms with Gasteiger partial charge in [0.15, 0.2) is 6.61 Å². The molecule has 2 aliphatic carbocycles. The molecule has 1 saturated carbocycles. The van der Waals surface area contributed by atoms with Crippen LogP contribution in [0.15, 0.2) is 18.2 Å².